The zero-order chi connectivity index (χ0) is 14.8. The number of hydrogen-bond acceptors (Lipinski definition) is 2. The van der Waals surface area contributed by atoms with E-state index in [9.17, 15) is 4.79 Å². The van der Waals surface area contributed by atoms with E-state index in [-0.39, 0.29) is 18.0 Å². The van der Waals surface area contributed by atoms with Gasteiger partial charge in [0, 0.05) is 50.2 Å². The number of aromatic nitrogens is 3. The molecule has 0 aliphatic carbocycles. The third-order valence-electron chi connectivity index (χ3n) is 4.29. The number of rotatable bonds is 4. The zero-order valence-corrected chi connectivity index (χ0v) is 12.6. The molecule has 0 radical (unpaired) electrons. The monoisotopic (exact) mass is 286 g/mol. The van der Waals surface area contributed by atoms with E-state index in [2.05, 4.69) is 16.6 Å². The quantitative estimate of drug-likeness (QED) is 0.867. The predicted molar refractivity (Wildman–Crippen MR) is 80.7 cm³/mol. The number of hydrogen-bond donors (Lipinski definition) is 0. The number of aryl methyl sites for hydroxylation is 1. The Kier molecular flexibility index (Phi) is 3.82. The zero-order valence-electron chi connectivity index (χ0n) is 12.6. The highest BCUT2D eigenvalue weighted by molar-refractivity contribution is 5.77. The minimum atomic E-state index is 0.197. The second-order valence-electron chi connectivity index (χ2n) is 5.88. The smallest absolute Gasteiger partial charge is 0.225 e. The van der Waals surface area contributed by atoms with Crippen molar-refractivity contribution in [1.29, 1.82) is 0 Å². The summed E-state index contributed by atoms with van der Waals surface area (Å²) in [5.41, 5.74) is 1.15. The van der Waals surface area contributed by atoms with Crippen molar-refractivity contribution in [3.05, 3.63) is 42.5 Å². The van der Waals surface area contributed by atoms with E-state index in [1.165, 1.54) is 0 Å². The van der Waals surface area contributed by atoms with Crippen LogP contribution in [0, 0.1) is 0 Å². The molecule has 0 aromatic carbocycles. The van der Waals surface area contributed by atoms with Gasteiger partial charge in [0.15, 0.2) is 0 Å². The molecule has 0 spiro atoms. The van der Waals surface area contributed by atoms with Crippen LogP contribution in [0.3, 0.4) is 0 Å². The average Bonchev–Trinajstić information content (AvgIpc) is 3.19. The number of carbonyl (C=O) groups is 1. The maximum atomic E-state index is 12.6. The van der Waals surface area contributed by atoms with E-state index >= 15 is 0 Å². The standard InChI is InChI=1S/C16H22N4O/c1-13(19-7-3-4-8-19)10-16(21)20-9-5-6-15(20)14-11-17-18(2)12-14/h3-4,7-8,11-13,15H,5-6,9-10H2,1-2H3/t13-,15+/m1/s1. The molecule has 0 bridgehead atoms. The summed E-state index contributed by atoms with van der Waals surface area (Å²) in [7, 11) is 1.92. The predicted octanol–water partition coefficient (Wildman–Crippen LogP) is 2.54. The summed E-state index contributed by atoms with van der Waals surface area (Å²) in [6.07, 6.45) is 10.6. The first-order valence-corrected chi connectivity index (χ1v) is 7.55. The Bertz CT molecular complexity index is 602. The lowest BCUT2D eigenvalue weighted by Gasteiger charge is -2.25. The van der Waals surface area contributed by atoms with Crippen molar-refractivity contribution in [3.8, 4) is 0 Å². The van der Waals surface area contributed by atoms with Gasteiger partial charge in [0.1, 0.15) is 0 Å². The average molecular weight is 286 g/mol. The lowest BCUT2D eigenvalue weighted by molar-refractivity contribution is -0.132. The number of amides is 1. The van der Waals surface area contributed by atoms with E-state index in [1.54, 1.807) is 4.68 Å². The molecule has 0 N–H and O–H groups in total. The van der Waals surface area contributed by atoms with Gasteiger partial charge in [-0.2, -0.15) is 5.10 Å². The number of carbonyl (C=O) groups excluding carboxylic acids is 1. The maximum Gasteiger partial charge on any atom is 0.225 e. The van der Waals surface area contributed by atoms with Gasteiger partial charge in [0.25, 0.3) is 0 Å². The van der Waals surface area contributed by atoms with Crippen LogP contribution in [0.25, 0.3) is 0 Å². The van der Waals surface area contributed by atoms with E-state index in [0.29, 0.717) is 6.42 Å². The second kappa shape index (κ2) is 5.76. The highest BCUT2D eigenvalue weighted by Crippen LogP contribution is 2.32. The fraction of sp³-hybridized carbons (Fsp3) is 0.500. The summed E-state index contributed by atoms with van der Waals surface area (Å²) in [6, 6.07) is 4.38. The first-order valence-electron chi connectivity index (χ1n) is 7.55. The Hall–Kier alpha value is -2.04. The third-order valence-corrected chi connectivity index (χ3v) is 4.29. The van der Waals surface area contributed by atoms with Gasteiger partial charge in [-0.25, -0.2) is 0 Å². The van der Waals surface area contributed by atoms with Gasteiger partial charge in [-0.05, 0) is 31.9 Å². The first-order chi connectivity index (χ1) is 10.1. The van der Waals surface area contributed by atoms with Gasteiger partial charge in [-0.15, -0.1) is 0 Å². The van der Waals surface area contributed by atoms with Crippen LogP contribution >= 0.6 is 0 Å². The molecule has 0 unspecified atom stereocenters. The SMILES string of the molecule is C[C@H](CC(=O)N1CCC[C@H]1c1cnn(C)c1)n1cccc1. The van der Waals surface area contributed by atoms with Gasteiger partial charge in [0.2, 0.25) is 5.91 Å². The van der Waals surface area contributed by atoms with Crippen LogP contribution in [0.5, 0.6) is 0 Å². The molecule has 5 nitrogen and oxygen atoms in total. The lowest BCUT2D eigenvalue weighted by Crippen LogP contribution is -2.31. The number of nitrogens with zero attached hydrogens (tertiary/aromatic N) is 4. The third kappa shape index (κ3) is 2.86. The number of likely N-dealkylation sites (tertiary alicyclic amines) is 1. The molecule has 1 aliphatic heterocycles. The highest BCUT2D eigenvalue weighted by atomic mass is 16.2. The first kappa shape index (κ1) is 13.9. The molecule has 2 aromatic heterocycles. The van der Waals surface area contributed by atoms with Gasteiger partial charge in [-0.1, -0.05) is 0 Å². The molecule has 3 heterocycles. The van der Waals surface area contributed by atoms with Gasteiger partial charge in [-0.3, -0.25) is 9.48 Å². The van der Waals surface area contributed by atoms with Crippen molar-refractivity contribution < 1.29 is 4.79 Å². The summed E-state index contributed by atoms with van der Waals surface area (Å²) in [5.74, 6) is 0.238. The van der Waals surface area contributed by atoms with Crippen LogP contribution in [0.1, 0.15) is 43.8 Å². The van der Waals surface area contributed by atoms with E-state index in [0.717, 1.165) is 24.9 Å². The molecule has 3 rings (SSSR count). The molecule has 21 heavy (non-hydrogen) atoms. The van der Waals surface area contributed by atoms with E-state index in [4.69, 9.17) is 0 Å². The fourth-order valence-electron chi connectivity index (χ4n) is 3.14. The second-order valence-corrected chi connectivity index (χ2v) is 5.88. The molecule has 1 amide bonds. The molecular weight excluding hydrogens is 264 g/mol. The van der Waals surface area contributed by atoms with Gasteiger partial charge < -0.3 is 9.47 Å². The van der Waals surface area contributed by atoms with Crippen molar-refractivity contribution in [3.63, 3.8) is 0 Å². The van der Waals surface area contributed by atoms with Crippen molar-refractivity contribution >= 4 is 5.91 Å². The van der Waals surface area contributed by atoms with Crippen molar-refractivity contribution in [1.82, 2.24) is 19.2 Å². The molecule has 1 fully saturated rings. The van der Waals surface area contributed by atoms with Crippen molar-refractivity contribution in [2.45, 2.75) is 38.3 Å². The minimum absolute atomic E-state index is 0.197. The summed E-state index contributed by atoms with van der Waals surface area (Å²) in [5, 5.41) is 4.23. The Morgan fingerprint density at radius 3 is 2.86 bits per heavy atom. The lowest BCUT2D eigenvalue weighted by atomic mass is 10.1. The molecule has 0 saturated carbocycles. The Morgan fingerprint density at radius 1 is 1.43 bits per heavy atom. The van der Waals surface area contributed by atoms with Crippen LogP contribution in [-0.2, 0) is 11.8 Å². The molecule has 1 aliphatic rings. The summed E-state index contributed by atoms with van der Waals surface area (Å²) in [4.78, 5) is 14.7. The van der Waals surface area contributed by atoms with Crippen LogP contribution < -0.4 is 0 Å². The Morgan fingerprint density at radius 2 is 2.19 bits per heavy atom. The highest BCUT2D eigenvalue weighted by Gasteiger charge is 2.31. The summed E-state index contributed by atoms with van der Waals surface area (Å²) >= 11 is 0. The Labute approximate surface area is 125 Å². The van der Waals surface area contributed by atoms with E-state index < -0.39 is 0 Å². The minimum Gasteiger partial charge on any atom is -0.351 e. The molecule has 112 valence electrons. The Balaban J connectivity index is 1.68. The van der Waals surface area contributed by atoms with Gasteiger partial charge >= 0.3 is 0 Å². The van der Waals surface area contributed by atoms with E-state index in [1.807, 2.05) is 48.9 Å². The molecule has 5 heteroatoms. The van der Waals surface area contributed by atoms with Crippen molar-refractivity contribution in [2.24, 2.45) is 7.05 Å². The summed E-state index contributed by atoms with van der Waals surface area (Å²) < 4.78 is 3.89. The maximum absolute atomic E-state index is 12.6. The fourth-order valence-corrected chi connectivity index (χ4v) is 3.14. The molecular formula is C16H22N4O. The summed E-state index contributed by atoms with van der Waals surface area (Å²) in [6.45, 7) is 2.95. The van der Waals surface area contributed by atoms with Crippen molar-refractivity contribution in [2.75, 3.05) is 6.54 Å². The van der Waals surface area contributed by atoms with Crippen LogP contribution in [0.2, 0.25) is 0 Å². The van der Waals surface area contributed by atoms with Crippen LogP contribution in [-0.4, -0.2) is 31.7 Å². The normalized spacial score (nSPS) is 19.9. The van der Waals surface area contributed by atoms with Crippen LogP contribution in [0.4, 0.5) is 0 Å². The molecule has 1 saturated heterocycles. The van der Waals surface area contributed by atoms with Gasteiger partial charge in [0.05, 0.1) is 12.2 Å². The topological polar surface area (TPSA) is 43.1 Å². The molecule has 2 atom stereocenters. The largest absolute Gasteiger partial charge is 0.351 e. The van der Waals surface area contributed by atoms with Crippen LogP contribution in [0.15, 0.2) is 36.9 Å². The molecule has 2 aromatic rings.